The van der Waals surface area contributed by atoms with Crippen molar-refractivity contribution in [1.29, 1.82) is 0 Å². The average molecular weight is 289 g/mol. The van der Waals surface area contributed by atoms with Gasteiger partial charge in [0.25, 0.3) is 0 Å². The van der Waals surface area contributed by atoms with E-state index in [0.29, 0.717) is 0 Å². The molecule has 4 heteroatoms. The van der Waals surface area contributed by atoms with E-state index in [1.54, 1.807) is 0 Å². The summed E-state index contributed by atoms with van der Waals surface area (Å²) in [6.45, 7) is 0. The zero-order valence-electron chi connectivity index (χ0n) is 12.3. The number of anilines is 2. The van der Waals surface area contributed by atoms with Gasteiger partial charge in [0.1, 0.15) is 12.7 Å². The summed E-state index contributed by atoms with van der Waals surface area (Å²) in [6.07, 6.45) is 3.89. The minimum absolute atomic E-state index is 0.824. The molecule has 0 atom stereocenters. The second-order valence-electron chi connectivity index (χ2n) is 4.97. The largest absolute Gasteiger partial charge is 0.356 e. The van der Waals surface area contributed by atoms with Crippen molar-refractivity contribution in [2.24, 2.45) is 17.3 Å². The number of hydrogen-bond donors (Lipinski definition) is 1. The smallest absolute Gasteiger partial charge is 0.196 e. The summed E-state index contributed by atoms with van der Waals surface area (Å²) >= 11 is 0. The van der Waals surface area contributed by atoms with Crippen LogP contribution in [-0.2, 0) is 7.05 Å². The van der Waals surface area contributed by atoms with Crippen molar-refractivity contribution in [3.8, 4) is 0 Å². The number of aromatic nitrogens is 1. The maximum atomic E-state index is 4.25. The molecular weight excluding hydrogens is 272 g/mol. The number of rotatable bonds is 4. The lowest BCUT2D eigenvalue weighted by Crippen LogP contribution is -2.25. The Bertz CT molecular complexity index is 765. The monoisotopic (exact) mass is 289 g/mol. The van der Waals surface area contributed by atoms with Gasteiger partial charge in [0.05, 0.1) is 5.69 Å². The lowest BCUT2D eigenvalue weighted by Gasteiger charge is -2.05. The Morgan fingerprint density at radius 2 is 1.41 bits per heavy atom. The van der Waals surface area contributed by atoms with E-state index < -0.39 is 0 Å². The molecule has 0 saturated heterocycles. The van der Waals surface area contributed by atoms with Crippen molar-refractivity contribution in [3.05, 3.63) is 79.1 Å². The number of para-hydroxylation sites is 1. The van der Waals surface area contributed by atoms with Crippen LogP contribution in [0.1, 0.15) is 0 Å². The number of nitrogens with zero attached hydrogens (tertiary/aromatic N) is 3. The van der Waals surface area contributed by atoms with Crippen LogP contribution in [0.15, 0.2) is 89.4 Å². The molecule has 2 aromatic carbocycles. The van der Waals surface area contributed by atoms with Gasteiger partial charge in [-0.1, -0.05) is 18.2 Å². The number of azo groups is 1. The van der Waals surface area contributed by atoms with Gasteiger partial charge in [0, 0.05) is 17.4 Å². The molecule has 1 heterocycles. The van der Waals surface area contributed by atoms with Gasteiger partial charge in [0.15, 0.2) is 12.4 Å². The van der Waals surface area contributed by atoms with Gasteiger partial charge in [-0.15, -0.1) is 5.11 Å². The fourth-order valence-electron chi connectivity index (χ4n) is 2.05. The van der Waals surface area contributed by atoms with E-state index in [9.17, 15) is 0 Å². The number of aryl methyl sites for hydroxylation is 1. The third kappa shape index (κ3) is 3.76. The van der Waals surface area contributed by atoms with Gasteiger partial charge in [-0.05, 0) is 42.5 Å². The van der Waals surface area contributed by atoms with Crippen LogP contribution in [0.3, 0.4) is 0 Å². The molecule has 1 N–H and O–H groups in total. The molecule has 0 bridgehead atoms. The molecule has 0 saturated carbocycles. The SMILES string of the molecule is C[n+]1cccc(N=Nc2ccc(Nc3ccccc3)cc2)c1. The van der Waals surface area contributed by atoms with Crippen molar-refractivity contribution in [3.63, 3.8) is 0 Å². The molecule has 0 radical (unpaired) electrons. The molecule has 22 heavy (non-hydrogen) atoms. The Balaban J connectivity index is 1.69. The molecule has 1 aromatic heterocycles. The first kappa shape index (κ1) is 13.9. The Kier molecular flexibility index (Phi) is 4.20. The van der Waals surface area contributed by atoms with Crippen LogP contribution >= 0.6 is 0 Å². The number of nitrogens with one attached hydrogen (secondary N) is 1. The van der Waals surface area contributed by atoms with Crippen LogP contribution in [0.2, 0.25) is 0 Å². The van der Waals surface area contributed by atoms with Crippen molar-refractivity contribution in [2.75, 3.05) is 5.32 Å². The van der Waals surface area contributed by atoms with E-state index in [1.165, 1.54) is 0 Å². The van der Waals surface area contributed by atoms with Crippen LogP contribution in [-0.4, -0.2) is 0 Å². The lowest BCUT2D eigenvalue weighted by molar-refractivity contribution is -0.670. The number of hydrogen-bond acceptors (Lipinski definition) is 3. The van der Waals surface area contributed by atoms with E-state index in [2.05, 4.69) is 15.5 Å². The van der Waals surface area contributed by atoms with Gasteiger partial charge in [-0.2, -0.15) is 5.11 Å². The predicted molar refractivity (Wildman–Crippen MR) is 88.0 cm³/mol. The van der Waals surface area contributed by atoms with Gasteiger partial charge in [0.2, 0.25) is 0 Å². The first-order chi connectivity index (χ1) is 10.8. The van der Waals surface area contributed by atoms with E-state index in [-0.39, 0.29) is 0 Å². The van der Waals surface area contributed by atoms with Crippen LogP contribution in [0.4, 0.5) is 22.7 Å². The summed E-state index contributed by atoms with van der Waals surface area (Å²) in [5.41, 5.74) is 3.74. The summed E-state index contributed by atoms with van der Waals surface area (Å²) in [7, 11) is 1.96. The predicted octanol–water partition coefficient (Wildman–Crippen LogP) is 4.67. The third-order valence-electron chi connectivity index (χ3n) is 3.13. The van der Waals surface area contributed by atoms with Crippen LogP contribution in [0.5, 0.6) is 0 Å². The molecule has 0 aliphatic carbocycles. The fourth-order valence-corrected chi connectivity index (χ4v) is 2.05. The molecule has 0 aliphatic heterocycles. The van der Waals surface area contributed by atoms with Gasteiger partial charge in [-0.25, -0.2) is 4.57 Å². The highest BCUT2D eigenvalue weighted by atomic mass is 15.1. The van der Waals surface area contributed by atoms with Crippen molar-refractivity contribution in [2.45, 2.75) is 0 Å². The minimum Gasteiger partial charge on any atom is -0.356 e. The topological polar surface area (TPSA) is 40.6 Å². The summed E-state index contributed by atoms with van der Waals surface area (Å²) in [5.74, 6) is 0. The van der Waals surface area contributed by atoms with E-state index in [4.69, 9.17) is 0 Å². The highest BCUT2D eigenvalue weighted by Gasteiger charge is 1.97. The molecule has 0 fully saturated rings. The first-order valence-corrected chi connectivity index (χ1v) is 7.09. The fraction of sp³-hybridized carbons (Fsp3) is 0.0556. The zero-order chi connectivity index (χ0) is 15.2. The van der Waals surface area contributed by atoms with E-state index in [0.717, 1.165) is 22.7 Å². The molecule has 4 nitrogen and oxygen atoms in total. The van der Waals surface area contributed by atoms with Crippen molar-refractivity contribution < 1.29 is 4.57 Å². The summed E-state index contributed by atoms with van der Waals surface area (Å²) in [6, 6.07) is 21.8. The lowest BCUT2D eigenvalue weighted by atomic mass is 10.2. The van der Waals surface area contributed by atoms with E-state index in [1.807, 2.05) is 90.7 Å². The second-order valence-corrected chi connectivity index (χ2v) is 4.97. The molecule has 0 spiro atoms. The first-order valence-electron chi connectivity index (χ1n) is 7.09. The van der Waals surface area contributed by atoms with E-state index >= 15 is 0 Å². The summed E-state index contributed by atoms with van der Waals surface area (Å²) in [5, 5.41) is 11.8. The highest BCUT2D eigenvalue weighted by Crippen LogP contribution is 2.21. The molecule has 3 aromatic rings. The molecule has 0 amide bonds. The minimum atomic E-state index is 0.824. The standard InChI is InChI=1S/C18H17N4/c1-22-13-5-8-18(14-22)21-20-17-11-9-16(10-12-17)19-15-6-3-2-4-7-15/h2-14,19H,1H3/q+1. The number of pyridine rings is 1. The molecular formula is C18H17N4+. The normalized spacial score (nSPS) is 10.8. The van der Waals surface area contributed by atoms with Gasteiger partial charge in [-0.3, -0.25) is 0 Å². The van der Waals surface area contributed by atoms with Crippen LogP contribution < -0.4 is 9.88 Å². The maximum absolute atomic E-state index is 4.25. The summed E-state index contributed by atoms with van der Waals surface area (Å²) < 4.78 is 1.95. The second kappa shape index (κ2) is 6.63. The Morgan fingerprint density at radius 1 is 0.727 bits per heavy atom. The van der Waals surface area contributed by atoms with Crippen LogP contribution in [0, 0.1) is 0 Å². The third-order valence-corrected chi connectivity index (χ3v) is 3.13. The molecule has 0 unspecified atom stereocenters. The van der Waals surface area contributed by atoms with Gasteiger partial charge < -0.3 is 5.32 Å². The van der Waals surface area contributed by atoms with Crippen molar-refractivity contribution in [1.82, 2.24) is 0 Å². The molecule has 0 aliphatic rings. The van der Waals surface area contributed by atoms with Gasteiger partial charge >= 0.3 is 0 Å². The Morgan fingerprint density at radius 3 is 2.14 bits per heavy atom. The average Bonchev–Trinajstić information content (AvgIpc) is 2.55. The Hall–Kier alpha value is -3.01. The quantitative estimate of drug-likeness (QED) is 0.550. The number of benzene rings is 2. The Labute approximate surface area is 129 Å². The molecule has 3 rings (SSSR count). The highest BCUT2D eigenvalue weighted by molar-refractivity contribution is 5.61. The zero-order valence-corrected chi connectivity index (χ0v) is 12.3. The van der Waals surface area contributed by atoms with Crippen molar-refractivity contribution >= 4 is 22.7 Å². The molecule has 108 valence electrons. The maximum Gasteiger partial charge on any atom is 0.196 e. The van der Waals surface area contributed by atoms with Crippen LogP contribution in [0.25, 0.3) is 0 Å². The summed E-state index contributed by atoms with van der Waals surface area (Å²) in [4.78, 5) is 0.